The number of hydrogen-bond donors (Lipinski definition) is 2. The lowest BCUT2D eigenvalue weighted by Crippen LogP contribution is -2.32. The Kier molecular flexibility index (Phi) is 6.40. The van der Waals surface area contributed by atoms with Crippen LogP contribution in [-0.4, -0.2) is 25.5 Å². The topological polar surface area (TPSA) is 44.4 Å². The summed E-state index contributed by atoms with van der Waals surface area (Å²) in [4.78, 5) is 14.5. The van der Waals surface area contributed by atoms with Gasteiger partial charge in [0.25, 0.3) is 0 Å². The van der Waals surface area contributed by atoms with Crippen molar-refractivity contribution in [2.75, 3.05) is 35.2 Å². The summed E-state index contributed by atoms with van der Waals surface area (Å²) in [6.45, 7) is 5.08. The highest BCUT2D eigenvalue weighted by molar-refractivity contribution is 6.33. The van der Waals surface area contributed by atoms with Gasteiger partial charge in [0.2, 0.25) is 5.91 Å². The van der Waals surface area contributed by atoms with Crippen LogP contribution in [0.2, 0.25) is 5.02 Å². The number of halogens is 1. The smallest absolute Gasteiger partial charge is 0.226 e. The molecular weight excluding hydrogens is 346 g/mol. The standard InChI is InChI=1S/C21H26ClN3O/c1-16-11-14-25(15-12-16)18-8-6-17(7-9-18)24-21(26)10-13-23-20-5-3-2-4-19(20)22/h2-9,16,23H,10-15H2,1H3,(H,24,26). The van der Waals surface area contributed by atoms with Crippen LogP contribution < -0.4 is 15.5 Å². The lowest BCUT2D eigenvalue weighted by atomic mass is 9.99. The van der Waals surface area contributed by atoms with Crippen molar-refractivity contribution < 1.29 is 4.79 Å². The van der Waals surface area contributed by atoms with Gasteiger partial charge in [-0.05, 0) is 55.2 Å². The highest BCUT2D eigenvalue weighted by atomic mass is 35.5. The van der Waals surface area contributed by atoms with Crippen LogP contribution in [0, 0.1) is 5.92 Å². The quantitative estimate of drug-likeness (QED) is 0.749. The van der Waals surface area contributed by atoms with E-state index in [-0.39, 0.29) is 5.91 Å². The van der Waals surface area contributed by atoms with Crippen LogP contribution in [0.4, 0.5) is 17.1 Å². The molecular formula is C21H26ClN3O. The molecule has 1 aliphatic heterocycles. The zero-order chi connectivity index (χ0) is 18.4. The first-order valence-corrected chi connectivity index (χ1v) is 9.63. The van der Waals surface area contributed by atoms with E-state index < -0.39 is 0 Å². The van der Waals surface area contributed by atoms with Crippen molar-refractivity contribution in [3.8, 4) is 0 Å². The Labute approximate surface area is 160 Å². The highest BCUT2D eigenvalue weighted by Crippen LogP contribution is 2.24. The first-order valence-electron chi connectivity index (χ1n) is 9.25. The normalized spacial score (nSPS) is 14.9. The summed E-state index contributed by atoms with van der Waals surface area (Å²) in [6.07, 6.45) is 2.88. The number of piperidine rings is 1. The van der Waals surface area contributed by atoms with Crippen molar-refractivity contribution in [1.29, 1.82) is 0 Å². The molecule has 0 unspecified atom stereocenters. The van der Waals surface area contributed by atoms with Crippen molar-refractivity contribution >= 4 is 34.6 Å². The summed E-state index contributed by atoms with van der Waals surface area (Å²) in [5.74, 6) is 0.813. The van der Waals surface area contributed by atoms with E-state index in [2.05, 4.69) is 34.6 Å². The molecule has 5 heteroatoms. The van der Waals surface area contributed by atoms with Crippen LogP contribution in [-0.2, 0) is 4.79 Å². The Morgan fingerprint density at radius 1 is 1.12 bits per heavy atom. The maximum atomic E-state index is 12.1. The number of rotatable bonds is 6. The van der Waals surface area contributed by atoms with Crippen molar-refractivity contribution in [3.63, 3.8) is 0 Å². The molecule has 0 bridgehead atoms. The van der Waals surface area contributed by atoms with E-state index in [4.69, 9.17) is 11.6 Å². The maximum Gasteiger partial charge on any atom is 0.226 e. The second kappa shape index (κ2) is 8.95. The van der Waals surface area contributed by atoms with Gasteiger partial charge in [0, 0.05) is 37.4 Å². The fourth-order valence-corrected chi connectivity index (χ4v) is 3.36. The Balaban J connectivity index is 1.45. The Morgan fingerprint density at radius 2 is 1.81 bits per heavy atom. The molecule has 0 radical (unpaired) electrons. The molecule has 2 aromatic rings. The van der Waals surface area contributed by atoms with Crippen LogP contribution in [0.25, 0.3) is 0 Å². The minimum Gasteiger partial charge on any atom is -0.383 e. The van der Waals surface area contributed by atoms with E-state index in [0.29, 0.717) is 18.0 Å². The third kappa shape index (κ3) is 5.15. The van der Waals surface area contributed by atoms with E-state index in [0.717, 1.165) is 30.4 Å². The molecule has 0 spiro atoms. The van der Waals surface area contributed by atoms with Crippen LogP contribution in [0.3, 0.4) is 0 Å². The number of hydrogen-bond acceptors (Lipinski definition) is 3. The molecule has 4 nitrogen and oxygen atoms in total. The molecule has 2 N–H and O–H groups in total. The molecule has 1 aliphatic rings. The molecule has 0 saturated carbocycles. The summed E-state index contributed by atoms with van der Waals surface area (Å²) in [5.41, 5.74) is 2.92. The molecule has 1 amide bonds. The molecule has 138 valence electrons. The minimum absolute atomic E-state index is 0.0101. The van der Waals surface area contributed by atoms with Crippen molar-refractivity contribution in [2.45, 2.75) is 26.2 Å². The second-order valence-electron chi connectivity index (χ2n) is 6.92. The molecule has 1 heterocycles. The maximum absolute atomic E-state index is 12.1. The van der Waals surface area contributed by atoms with E-state index in [1.807, 2.05) is 36.4 Å². The fourth-order valence-electron chi connectivity index (χ4n) is 3.16. The largest absolute Gasteiger partial charge is 0.383 e. The number of para-hydroxylation sites is 1. The third-order valence-corrected chi connectivity index (χ3v) is 5.17. The van der Waals surface area contributed by atoms with Crippen LogP contribution in [0.15, 0.2) is 48.5 Å². The van der Waals surface area contributed by atoms with E-state index >= 15 is 0 Å². The highest BCUT2D eigenvalue weighted by Gasteiger charge is 2.15. The van der Waals surface area contributed by atoms with Gasteiger partial charge in [0.15, 0.2) is 0 Å². The molecule has 0 aromatic heterocycles. The van der Waals surface area contributed by atoms with Gasteiger partial charge in [-0.2, -0.15) is 0 Å². The van der Waals surface area contributed by atoms with Gasteiger partial charge >= 0.3 is 0 Å². The van der Waals surface area contributed by atoms with E-state index in [1.54, 1.807) is 0 Å². The van der Waals surface area contributed by atoms with Gasteiger partial charge < -0.3 is 15.5 Å². The molecule has 1 fully saturated rings. The lowest BCUT2D eigenvalue weighted by Gasteiger charge is -2.32. The van der Waals surface area contributed by atoms with Gasteiger partial charge in [-0.15, -0.1) is 0 Å². The van der Waals surface area contributed by atoms with E-state index in [1.165, 1.54) is 18.5 Å². The number of carbonyl (C=O) groups is 1. The van der Waals surface area contributed by atoms with Gasteiger partial charge in [-0.1, -0.05) is 30.7 Å². The van der Waals surface area contributed by atoms with Crippen molar-refractivity contribution in [2.24, 2.45) is 5.92 Å². The van der Waals surface area contributed by atoms with Gasteiger partial charge in [-0.25, -0.2) is 0 Å². The van der Waals surface area contributed by atoms with Gasteiger partial charge in [-0.3, -0.25) is 4.79 Å². The average Bonchev–Trinajstić information content (AvgIpc) is 2.65. The summed E-state index contributed by atoms with van der Waals surface area (Å²) >= 11 is 6.09. The monoisotopic (exact) mass is 371 g/mol. The van der Waals surface area contributed by atoms with Crippen LogP contribution in [0.1, 0.15) is 26.2 Å². The molecule has 3 rings (SSSR count). The molecule has 1 saturated heterocycles. The zero-order valence-corrected chi connectivity index (χ0v) is 15.9. The molecule has 2 aromatic carbocycles. The summed E-state index contributed by atoms with van der Waals surface area (Å²) in [5, 5.41) is 6.80. The predicted molar refractivity (Wildman–Crippen MR) is 110 cm³/mol. The number of anilines is 3. The van der Waals surface area contributed by atoms with Gasteiger partial charge in [0.1, 0.15) is 0 Å². The molecule has 0 aliphatic carbocycles. The van der Waals surface area contributed by atoms with E-state index in [9.17, 15) is 4.79 Å². The first kappa shape index (κ1) is 18.6. The number of carbonyl (C=O) groups excluding carboxylic acids is 1. The second-order valence-corrected chi connectivity index (χ2v) is 7.33. The van der Waals surface area contributed by atoms with Crippen molar-refractivity contribution in [3.05, 3.63) is 53.6 Å². The lowest BCUT2D eigenvalue weighted by molar-refractivity contribution is -0.115. The number of benzene rings is 2. The third-order valence-electron chi connectivity index (χ3n) is 4.84. The fraction of sp³-hybridized carbons (Fsp3) is 0.381. The zero-order valence-electron chi connectivity index (χ0n) is 15.2. The van der Waals surface area contributed by atoms with Crippen LogP contribution in [0.5, 0.6) is 0 Å². The van der Waals surface area contributed by atoms with Gasteiger partial charge in [0.05, 0.1) is 10.7 Å². The Bertz CT molecular complexity index is 724. The summed E-state index contributed by atoms with van der Waals surface area (Å²) in [7, 11) is 0. The molecule has 26 heavy (non-hydrogen) atoms. The molecule has 0 atom stereocenters. The summed E-state index contributed by atoms with van der Waals surface area (Å²) < 4.78 is 0. The number of amides is 1. The minimum atomic E-state index is -0.0101. The summed E-state index contributed by atoms with van der Waals surface area (Å²) in [6, 6.07) is 15.7. The van der Waals surface area contributed by atoms with Crippen LogP contribution >= 0.6 is 11.6 Å². The van der Waals surface area contributed by atoms with Crippen molar-refractivity contribution in [1.82, 2.24) is 0 Å². The Morgan fingerprint density at radius 3 is 2.50 bits per heavy atom. The Hall–Kier alpha value is -2.20. The average molecular weight is 372 g/mol. The predicted octanol–water partition coefficient (Wildman–Crippen LogP) is 5.02. The SMILES string of the molecule is CC1CCN(c2ccc(NC(=O)CCNc3ccccc3Cl)cc2)CC1. The number of nitrogens with zero attached hydrogens (tertiary/aromatic N) is 1. The first-order chi connectivity index (χ1) is 12.6. The number of nitrogens with one attached hydrogen (secondary N) is 2.